The van der Waals surface area contributed by atoms with Crippen molar-refractivity contribution in [2.45, 2.75) is 56.1 Å². The summed E-state index contributed by atoms with van der Waals surface area (Å²) in [6, 6.07) is 4.37. The van der Waals surface area contributed by atoms with Crippen molar-refractivity contribution in [2.24, 2.45) is 5.92 Å². The molecular weight excluding hydrogens is 390 g/mol. The van der Waals surface area contributed by atoms with Crippen LogP contribution in [-0.4, -0.2) is 49.8 Å². The number of piperazine rings is 1. The SMILES string of the molecule is CC(C)C[C@@H]1NC(=O)[C@@H]2C[C@@H](NS(=O)(=O)c3ccc(Cl)cc3)CCN2C1=O. The van der Waals surface area contributed by atoms with E-state index in [0.717, 1.165) is 0 Å². The van der Waals surface area contributed by atoms with Gasteiger partial charge in [0.2, 0.25) is 21.8 Å². The van der Waals surface area contributed by atoms with Crippen molar-refractivity contribution in [3.63, 3.8) is 0 Å². The number of carbonyl (C=O) groups is 2. The van der Waals surface area contributed by atoms with Gasteiger partial charge in [-0.1, -0.05) is 25.4 Å². The second-order valence-corrected chi connectivity index (χ2v) is 9.69. The summed E-state index contributed by atoms with van der Waals surface area (Å²) in [6.07, 6.45) is 1.33. The van der Waals surface area contributed by atoms with E-state index in [-0.39, 0.29) is 23.1 Å². The molecule has 0 unspecified atom stereocenters. The van der Waals surface area contributed by atoms with Crippen LogP contribution >= 0.6 is 11.6 Å². The van der Waals surface area contributed by atoms with Gasteiger partial charge in [-0.3, -0.25) is 9.59 Å². The van der Waals surface area contributed by atoms with Crippen molar-refractivity contribution in [1.29, 1.82) is 0 Å². The highest BCUT2D eigenvalue weighted by Crippen LogP contribution is 2.25. The maximum Gasteiger partial charge on any atom is 0.245 e. The Morgan fingerprint density at radius 1 is 1.26 bits per heavy atom. The zero-order valence-electron chi connectivity index (χ0n) is 15.3. The van der Waals surface area contributed by atoms with Gasteiger partial charge in [0.05, 0.1) is 4.90 Å². The lowest BCUT2D eigenvalue weighted by molar-refractivity contribution is -0.152. The summed E-state index contributed by atoms with van der Waals surface area (Å²) in [4.78, 5) is 26.9. The monoisotopic (exact) mass is 413 g/mol. The van der Waals surface area contributed by atoms with Crippen molar-refractivity contribution < 1.29 is 18.0 Å². The predicted octanol–water partition coefficient (Wildman–Crippen LogP) is 1.52. The molecule has 0 aromatic heterocycles. The summed E-state index contributed by atoms with van der Waals surface area (Å²) in [5.74, 6) is 0.00229. The van der Waals surface area contributed by atoms with Gasteiger partial charge in [0.15, 0.2) is 0 Å². The fourth-order valence-electron chi connectivity index (χ4n) is 3.65. The first-order valence-electron chi connectivity index (χ1n) is 9.06. The third-order valence-electron chi connectivity index (χ3n) is 4.96. The molecule has 1 aromatic carbocycles. The van der Waals surface area contributed by atoms with Gasteiger partial charge in [-0.05, 0) is 49.4 Å². The number of rotatable bonds is 5. The zero-order chi connectivity index (χ0) is 19.8. The standard InChI is InChI=1S/C18H24ClN3O4S/c1-11(2)9-15-18(24)22-8-7-13(10-16(22)17(23)20-15)21-27(25,26)14-5-3-12(19)4-6-14/h3-6,11,13,15-16,21H,7-10H2,1-2H3,(H,20,23)/t13-,15-,16-/m0/s1. The molecule has 0 saturated carbocycles. The smallest absolute Gasteiger partial charge is 0.245 e. The molecule has 27 heavy (non-hydrogen) atoms. The number of nitrogens with one attached hydrogen (secondary N) is 2. The van der Waals surface area contributed by atoms with Crippen molar-refractivity contribution in [2.75, 3.05) is 6.54 Å². The van der Waals surface area contributed by atoms with Crippen LogP contribution in [0, 0.1) is 5.92 Å². The number of benzene rings is 1. The van der Waals surface area contributed by atoms with Crippen LogP contribution in [0.4, 0.5) is 0 Å². The molecule has 1 aromatic rings. The van der Waals surface area contributed by atoms with Gasteiger partial charge in [-0.25, -0.2) is 13.1 Å². The van der Waals surface area contributed by atoms with Crippen molar-refractivity contribution in [3.05, 3.63) is 29.3 Å². The number of piperidine rings is 1. The molecular formula is C18H24ClN3O4S. The summed E-state index contributed by atoms with van der Waals surface area (Å²) in [5.41, 5.74) is 0. The van der Waals surface area contributed by atoms with Crippen molar-refractivity contribution in [3.8, 4) is 0 Å². The van der Waals surface area contributed by atoms with Gasteiger partial charge in [0.25, 0.3) is 0 Å². The molecule has 2 aliphatic rings. The predicted molar refractivity (Wildman–Crippen MR) is 102 cm³/mol. The van der Waals surface area contributed by atoms with E-state index in [0.29, 0.717) is 30.3 Å². The van der Waals surface area contributed by atoms with E-state index in [1.165, 1.54) is 24.3 Å². The number of fused-ring (bicyclic) bond motifs is 1. The molecule has 2 N–H and O–H groups in total. The minimum Gasteiger partial charge on any atom is -0.342 e. The van der Waals surface area contributed by atoms with Gasteiger partial charge in [0, 0.05) is 17.6 Å². The Bertz CT molecular complexity index is 826. The molecule has 148 valence electrons. The minimum atomic E-state index is -3.72. The molecule has 2 amide bonds. The Balaban J connectivity index is 1.69. The van der Waals surface area contributed by atoms with E-state index < -0.39 is 28.1 Å². The topological polar surface area (TPSA) is 95.6 Å². The molecule has 3 rings (SSSR count). The van der Waals surface area contributed by atoms with Gasteiger partial charge in [-0.2, -0.15) is 0 Å². The highest BCUT2D eigenvalue weighted by Gasteiger charge is 2.44. The third kappa shape index (κ3) is 4.44. The lowest BCUT2D eigenvalue weighted by Gasteiger charge is -2.44. The average Bonchev–Trinajstić information content (AvgIpc) is 2.59. The summed E-state index contributed by atoms with van der Waals surface area (Å²) in [6.45, 7) is 4.37. The molecule has 7 nitrogen and oxygen atoms in total. The number of hydrogen-bond acceptors (Lipinski definition) is 4. The number of hydrogen-bond donors (Lipinski definition) is 2. The molecule has 2 saturated heterocycles. The van der Waals surface area contributed by atoms with Crippen LogP contribution in [0.25, 0.3) is 0 Å². The summed E-state index contributed by atoms with van der Waals surface area (Å²) < 4.78 is 27.8. The number of nitrogens with zero attached hydrogens (tertiary/aromatic N) is 1. The number of amides is 2. The highest BCUT2D eigenvalue weighted by molar-refractivity contribution is 7.89. The molecule has 0 radical (unpaired) electrons. The molecule has 0 bridgehead atoms. The second-order valence-electron chi connectivity index (χ2n) is 7.53. The van der Waals surface area contributed by atoms with Crippen LogP contribution in [0.2, 0.25) is 5.02 Å². The van der Waals surface area contributed by atoms with E-state index in [9.17, 15) is 18.0 Å². The van der Waals surface area contributed by atoms with E-state index >= 15 is 0 Å². The molecule has 2 aliphatic heterocycles. The first-order valence-corrected chi connectivity index (χ1v) is 10.9. The van der Waals surface area contributed by atoms with E-state index in [2.05, 4.69) is 10.0 Å². The van der Waals surface area contributed by atoms with E-state index in [1.54, 1.807) is 4.90 Å². The largest absolute Gasteiger partial charge is 0.342 e. The maximum absolute atomic E-state index is 12.6. The minimum absolute atomic E-state index is 0.0766. The normalized spacial score (nSPS) is 26.1. The van der Waals surface area contributed by atoms with Gasteiger partial charge >= 0.3 is 0 Å². The highest BCUT2D eigenvalue weighted by atomic mass is 35.5. The van der Waals surface area contributed by atoms with Gasteiger partial charge in [0.1, 0.15) is 12.1 Å². The number of carbonyl (C=O) groups excluding carboxylic acids is 2. The van der Waals surface area contributed by atoms with Crippen LogP contribution in [0.3, 0.4) is 0 Å². The Hall–Kier alpha value is -1.64. The number of halogens is 1. The molecule has 2 heterocycles. The van der Waals surface area contributed by atoms with Crippen molar-refractivity contribution >= 4 is 33.4 Å². The first kappa shape index (κ1) is 20.1. The Kier molecular flexibility index (Phi) is 5.79. The summed E-state index contributed by atoms with van der Waals surface area (Å²) in [5, 5.41) is 3.25. The fourth-order valence-corrected chi connectivity index (χ4v) is 5.06. The number of sulfonamides is 1. The van der Waals surface area contributed by atoms with Crippen LogP contribution in [0.15, 0.2) is 29.2 Å². The lowest BCUT2D eigenvalue weighted by Crippen LogP contribution is -2.67. The zero-order valence-corrected chi connectivity index (χ0v) is 16.9. The first-order chi connectivity index (χ1) is 12.7. The third-order valence-corrected chi connectivity index (χ3v) is 6.74. The van der Waals surface area contributed by atoms with Crippen molar-refractivity contribution in [1.82, 2.24) is 14.9 Å². The van der Waals surface area contributed by atoms with Crippen LogP contribution in [0.1, 0.15) is 33.1 Å². The van der Waals surface area contributed by atoms with E-state index in [4.69, 9.17) is 11.6 Å². The average molecular weight is 414 g/mol. The van der Waals surface area contributed by atoms with Gasteiger partial charge < -0.3 is 10.2 Å². The molecule has 0 aliphatic carbocycles. The summed E-state index contributed by atoms with van der Waals surface area (Å²) in [7, 11) is -3.72. The molecule has 9 heteroatoms. The summed E-state index contributed by atoms with van der Waals surface area (Å²) >= 11 is 5.81. The van der Waals surface area contributed by atoms with Crippen LogP contribution in [0.5, 0.6) is 0 Å². The molecule has 3 atom stereocenters. The molecule has 0 spiro atoms. The van der Waals surface area contributed by atoms with Crippen LogP contribution < -0.4 is 10.0 Å². The maximum atomic E-state index is 12.6. The van der Waals surface area contributed by atoms with E-state index in [1.807, 2.05) is 13.8 Å². The van der Waals surface area contributed by atoms with Crippen LogP contribution in [-0.2, 0) is 19.6 Å². The quantitative estimate of drug-likeness (QED) is 0.765. The Morgan fingerprint density at radius 3 is 2.56 bits per heavy atom. The molecule has 2 fully saturated rings. The Labute approximate surface area is 164 Å². The fraction of sp³-hybridized carbons (Fsp3) is 0.556. The van der Waals surface area contributed by atoms with Gasteiger partial charge in [-0.15, -0.1) is 0 Å². The Morgan fingerprint density at radius 2 is 1.93 bits per heavy atom. The second kappa shape index (κ2) is 7.77. The lowest BCUT2D eigenvalue weighted by atomic mass is 9.91.